The van der Waals surface area contributed by atoms with Gasteiger partial charge in [-0.1, -0.05) is 17.8 Å². The summed E-state index contributed by atoms with van der Waals surface area (Å²) in [5.41, 5.74) is 0.497. The highest BCUT2D eigenvalue weighted by Crippen LogP contribution is 2.27. The van der Waals surface area contributed by atoms with Crippen molar-refractivity contribution in [2.75, 3.05) is 10.0 Å². The second-order valence-corrected chi connectivity index (χ2v) is 8.21. The molecule has 6 nitrogen and oxygen atoms in total. The van der Waals surface area contributed by atoms with Gasteiger partial charge in [0.1, 0.15) is 0 Å². The second-order valence-electron chi connectivity index (χ2n) is 5.47. The van der Waals surface area contributed by atoms with Gasteiger partial charge in [-0.2, -0.15) is 8.78 Å². The van der Waals surface area contributed by atoms with E-state index in [0.717, 1.165) is 0 Å². The Morgan fingerprint density at radius 2 is 1.75 bits per heavy atom. The molecule has 1 heterocycles. The Balaban J connectivity index is 1.74. The molecule has 3 aromatic rings. The molecule has 0 aliphatic carbocycles. The van der Waals surface area contributed by atoms with Crippen molar-refractivity contribution in [3.63, 3.8) is 0 Å². The van der Waals surface area contributed by atoms with E-state index in [0.29, 0.717) is 16.7 Å². The lowest BCUT2D eigenvalue weighted by Gasteiger charge is -2.10. The lowest BCUT2D eigenvalue weighted by molar-refractivity contribution is 0.0996. The maximum absolute atomic E-state index is 12.6. The number of halogens is 2. The summed E-state index contributed by atoms with van der Waals surface area (Å²) in [6, 6.07) is 14.3. The summed E-state index contributed by atoms with van der Waals surface area (Å²) in [4.78, 5) is 12.3. The van der Waals surface area contributed by atoms with Crippen molar-refractivity contribution in [3.05, 3.63) is 72.7 Å². The molecule has 3 rings (SSSR count). The van der Waals surface area contributed by atoms with Crippen LogP contribution in [0.15, 0.2) is 81.1 Å². The molecule has 0 fully saturated rings. The molecular weight excluding hydrogens is 410 g/mol. The van der Waals surface area contributed by atoms with Crippen molar-refractivity contribution in [1.82, 2.24) is 0 Å². The summed E-state index contributed by atoms with van der Waals surface area (Å²) < 4.78 is 57.2. The molecule has 2 N–H and O–H groups in total. The molecule has 0 aliphatic rings. The molecule has 0 saturated heterocycles. The molecule has 0 unspecified atom stereocenters. The minimum absolute atomic E-state index is 0.0734. The summed E-state index contributed by atoms with van der Waals surface area (Å²) in [7, 11) is -3.94. The highest BCUT2D eigenvalue weighted by atomic mass is 32.2. The lowest BCUT2D eigenvalue weighted by Crippen LogP contribution is -2.14. The van der Waals surface area contributed by atoms with E-state index >= 15 is 0 Å². The number of hydrogen-bond donors (Lipinski definition) is 2. The largest absolute Gasteiger partial charge is 0.459 e. The van der Waals surface area contributed by atoms with E-state index in [1.165, 1.54) is 60.9 Å². The third-order valence-electron chi connectivity index (χ3n) is 3.48. The van der Waals surface area contributed by atoms with Gasteiger partial charge >= 0.3 is 0 Å². The maximum atomic E-state index is 12.6. The number of carbonyl (C=O) groups is 1. The number of hydrogen-bond acceptors (Lipinski definition) is 5. The number of nitrogens with one attached hydrogen (secondary N) is 2. The number of thioether (sulfide) groups is 1. The van der Waals surface area contributed by atoms with Crippen molar-refractivity contribution < 1.29 is 26.4 Å². The molecule has 2 aromatic carbocycles. The van der Waals surface area contributed by atoms with Gasteiger partial charge in [0.2, 0.25) is 0 Å². The van der Waals surface area contributed by atoms with E-state index in [9.17, 15) is 22.0 Å². The monoisotopic (exact) mass is 424 g/mol. The van der Waals surface area contributed by atoms with E-state index < -0.39 is 21.7 Å². The molecular formula is C18H14F2N2O4S2. The van der Waals surface area contributed by atoms with Crippen LogP contribution in [0.25, 0.3) is 0 Å². The second kappa shape index (κ2) is 8.44. The predicted molar refractivity (Wildman–Crippen MR) is 102 cm³/mol. The van der Waals surface area contributed by atoms with Crippen LogP contribution in [0.4, 0.5) is 20.2 Å². The highest BCUT2D eigenvalue weighted by Gasteiger charge is 2.16. The van der Waals surface area contributed by atoms with E-state index in [-0.39, 0.29) is 22.0 Å². The molecule has 146 valence electrons. The molecule has 0 spiro atoms. The molecule has 0 atom stereocenters. The van der Waals surface area contributed by atoms with E-state index in [1.54, 1.807) is 6.07 Å². The number of carbonyl (C=O) groups excluding carboxylic acids is 1. The average Bonchev–Trinajstić information content (AvgIpc) is 3.18. The fourth-order valence-electron chi connectivity index (χ4n) is 2.26. The minimum atomic E-state index is -3.94. The van der Waals surface area contributed by atoms with Gasteiger partial charge in [-0.25, -0.2) is 8.42 Å². The molecule has 0 bridgehead atoms. The Kier molecular flexibility index (Phi) is 6.00. The third kappa shape index (κ3) is 5.11. The SMILES string of the molecule is O=C(Nc1cccc(S(=O)(=O)Nc2ccc(SC(F)F)cc2)c1)c1ccco1. The van der Waals surface area contributed by atoms with Crippen LogP contribution in [-0.4, -0.2) is 20.1 Å². The number of amides is 1. The third-order valence-corrected chi connectivity index (χ3v) is 5.58. The Morgan fingerprint density at radius 3 is 2.39 bits per heavy atom. The number of benzene rings is 2. The summed E-state index contributed by atoms with van der Waals surface area (Å²) in [5, 5.41) is 2.55. The van der Waals surface area contributed by atoms with E-state index in [2.05, 4.69) is 10.0 Å². The fourth-order valence-corrected chi connectivity index (χ4v) is 3.86. The molecule has 1 aromatic heterocycles. The van der Waals surface area contributed by atoms with Gasteiger partial charge in [-0.15, -0.1) is 0 Å². The number of rotatable bonds is 7. The van der Waals surface area contributed by atoms with Gasteiger partial charge in [0, 0.05) is 16.3 Å². The van der Waals surface area contributed by atoms with Crippen LogP contribution in [0, 0.1) is 0 Å². The first-order valence-electron chi connectivity index (χ1n) is 7.86. The molecule has 10 heteroatoms. The average molecular weight is 424 g/mol. The standard InChI is InChI=1S/C18H14F2N2O4S2/c19-18(20)27-14-8-6-12(7-9-14)22-28(24,25)15-4-1-3-13(11-15)21-17(23)16-5-2-10-26-16/h1-11,18,22H,(H,21,23). The Morgan fingerprint density at radius 1 is 1.00 bits per heavy atom. The summed E-state index contributed by atoms with van der Waals surface area (Å²) >= 11 is 0.369. The van der Waals surface area contributed by atoms with Gasteiger partial charge in [0.15, 0.2) is 5.76 Å². The zero-order valence-electron chi connectivity index (χ0n) is 14.1. The zero-order valence-corrected chi connectivity index (χ0v) is 15.8. The van der Waals surface area contributed by atoms with Crippen molar-refractivity contribution >= 4 is 39.1 Å². The van der Waals surface area contributed by atoms with Crippen LogP contribution < -0.4 is 10.0 Å². The number of sulfonamides is 1. The Hall–Kier alpha value is -2.85. The minimum Gasteiger partial charge on any atom is -0.459 e. The van der Waals surface area contributed by atoms with Gasteiger partial charge < -0.3 is 9.73 Å². The lowest BCUT2D eigenvalue weighted by atomic mass is 10.3. The maximum Gasteiger partial charge on any atom is 0.291 e. The first-order chi connectivity index (χ1) is 13.3. The Labute approximate surface area is 164 Å². The summed E-state index contributed by atoms with van der Waals surface area (Å²) in [6.45, 7) is 0. The van der Waals surface area contributed by atoms with Gasteiger partial charge in [0.05, 0.1) is 11.2 Å². The molecule has 1 amide bonds. The van der Waals surface area contributed by atoms with Crippen LogP contribution >= 0.6 is 11.8 Å². The van der Waals surface area contributed by atoms with Crippen LogP contribution in [0.3, 0.4) is 0 Å². The number of alkyl halides is 2. The number of furan rings is 1. The first-order valence-corrected chi connectivity index (χ1v) is 10.2. The van der Waals surface area contributed by atoms with Crippen molar-refractivity contribution in [2.45, 2.75) is 15.5 Å². The van der Waals surface area contributed by atoms with Crippen LogP contribution in [-0.2, 0) is 10.0 Å². The van der Waals surface area contributed by atoms with Crippen molar-refractivity contribution in [2.24, 2.45) is 0 Å². The van der Waals surface area contributed by atoms with Crippen LogP contribution in [0.1, 0.15) is 10.6 Å². The fraction of sp³-hybridized carbons (Fsp3) is 0.0556. The van der Waals surface area contributed by atoms with Crippen molar-refractivity contribution in [3.8, 4) is 0 Å². The number of anilines is 2. The van der Waals surface area contributed by atoms with Crippen LogP contribution in [0.5, 0.6) is 0 Å². The van der Waals surface area contributed by atoms with Gasteiger partial charge in [0.25, 0.3) is 21.7 Å². The molecule has 28 heavy (non-hydrogen) atoms. The topological polar surface area (TPSA) is 88.4 Å². The summed E-state index contributed by atoms with van der Waals surface area (Å²) in [6.07, 6.45) is 1.35. The zero-order chi connectivity index (χ0) is 20.1. The molecule has 0 saturated carbocycles. The summed E-state index contributed by atoms with van der Waals surface area (Å²) in [5.74, 6) is -2.98. The first kappa shape index (κ1) is 19.9. The van der Waals surface area contributed by atoms with Gasteiger partial charge in [-0.05, 0) is 54.6 Å². The van der Waals surface area contributed by atoms with Crippen LogP contribution in [0.2, 0.25) is 0 Å². The highest BCUT2D eigenvalue weighted by molar-refractivity contribution is 7.99. The Bertz CT molecular complexity index is 1050. The molecule has 0 radical (unpaired) electrons. The quantitative estimate of drug-likeness (QED) is 0.539. The molecule has 0 aliphatic heterocycles. The van der Waals surface area contributed by atoms with Crippen molar-refractivity contribution in [1.29, 1.82) is 0 Å². The van der Waals surface area contributed by atoms with Gasteiger partial charge in [-0.3, -0.25) is 9.52 Å². The smallest absolute Gasteiger partial charge is 0.291 e. The normalized spacial score (nSPS) is 11.4. The van der Waals surface area contributed by atoms with E-state index in [4.69, 9.17) is 4.42 Å². The van der Waals surface area contributed by atoms with E-state index in [1.807, 2.05) is 0 Å². The predicted octanol–water partition coefficient (Wildman–Crippen LogP) is 4.65.